The van der Waals surface area contributed by atoms with Crippen molar-refractivity contribution in [2.24, 2.45) is 5.92 Å². The van der Waals surface area contributed by atoms with Gasteiger partial charge in [-0.25, -0.2) is 0 Å². The highest BCUT2D eigenvalue weighted by molar-refractivity contribution is 9.10. The van der Waals surface area contributed by atoms with Crippen molar-refractivity contribution in [3.05, 3.63) is 16.9 Å². The molecule has 1 aliphatic heterocycles. The molecule has 0 aliphatic carbocycles. The number of rotatable bonds is 2. The van der Waals surface area contributed by atoms with Crippen LogP contribution in [-0.2, 0) is 14.3 Å². The summed E-state index contributed by atoms with van der Waals surface area (Å²) in [4.78, 5) is 28.8. The van der Waals surface area contributed by atoms with Crippen LogP contribution < -0.4 is 10.6 Å². The molecule has 7 heteroatoms. The summed E-state index contributed by atoms with van der Waals surface area (Å²) in [7, 11) is 1.31. The minimum absolute atomic E-state index is 0.138. The Morgan fingerprint density at radius 3 is 3.00 bits per heavy atom. The van der Waals surface area contributed by atoms with E-state index >= 15 is 0 Å². The molecule has 6 nitrogen and oxygen atoms in total. The third kappa shape index (κ3) is 2.17. The van der Waals surface area contributed by atoms with Crippen molar-refractivity contribution in [2.75, 3.05) is 24.3 Å². The van der Waals surface area contributed by atoms with Gasteiger partial charge in [-0.1, -0.05) is 0 Å². The Labute approximate surface area is 112 Å². The second-order valence-corrected chi connectivity index (χ2v) is 4.84. The Kier molecular flexibility index (Phi) is 3.51. The first-order chi connectivity index (χ1) is 8.54. The molecule has 1 aliphatic rings. The second-order valence-electron chi connectivity index (χ2n) is 3.98. The predicted octanol–water partition coefficient (Wildman–Crippen LogP) is 0.952. The maximum atomic E-state index is 11.9. The fraction of sp³-hybridized carbons (Fsp3) is 0.364. The molecule has 1 amide bonds. The SMILES string of the molecule is COC(=O)C1CC(=O)N(c2cncc(Br)c2N)C1. The molecule has 0 saturated carbocycles. The number of carbonyl (C=O) groups excluding carboxylic acids is 2. The van der Waals surface area contributed by atoms with Gasteiger partial charge < -0.3 is 15.4 Å². The Bertz CT molecular complexity index is 506. The summed E-state index contributed by atoms with van der Waals surface area (Å²) < 4.78 is 5.27. The molecule has 96 valence electrons. The normalized spacial score (nSPS) is 19.1. The molecule has 0 radical (unpaired) electrons. The Morgan fingerprint density at radius 1 is 1.61 bits per heavy atom. The third-order valence-corrected chi connectivity index (χ3v) is 3.50. The monoisotopic (exact) mass is 313 g/mol. The van der Waals surface area contributed by atoms with Crippen LogP contribution in [0.2, 0.25) is 0 Å². The molecule has 18 heavy (non-hydrogen) atoms. The van der Waals surface area contributed by atoms with E-state index in [1.807, 2.05) is 0 Å². The fourth-order valence-electron chi connectivity index (χ4n) is 1.91. The van der Waals surface area contributed by atoms with Gasteiger partial charge in [0, 0.05) is 19.2 Å². The van der Waals surface area contributed by atoms with Gasteiger partial charge >= 0.3 is 5.97 Å². The molecule has 1 saturated heterocycles. The zero-order valence-electron chi connectivity index (χ0n) is 9.72. The van der Waals surface area contributed by atoms with Crippen LogP contribution in [0.15, 0.2) is 16.9 Å². The second kappa shape index (κ2) is 4.93. The standard InChI is InChI=1S/C11H12BrN3O3/c1-18-11(17)6-2-9(16)15(5-6)8-4-14-3-7(12)10(8)13/h3-4,6H,2,5H2,1H3,(H2,13,14). The smallest absolute Gasteiger partial charge is 0.311 e. The lowest BCUT2D eigenvalue weighted by Crippen LogP contribution is -2.27. The molecule has 1 aromatic heterocycles. The van der Waals surface area contributed by atoms with Gasteiger partial charge in [0.05, 0.1) is 35.1 Å². The molecule has 0 spiro atoms. The van der Waals surface area contributed by atoms with Gasteiger partial charge in [-0.3, -0.25) is 14.6 Å². The zero-order chi connectivity index (χ0) is 13.3. The van der Waals surface area contributed by atoms with Crippen LogP contribution in [0.25, 0.3) is 0 Å². The summed E-state index contributed by atoms with van der Waals surface area (Å²) in [6.45, 7) is 0.272. The maximum Gasteiger partial charge on any atom is 0.311 e. The number of aromatic nitrogens is 1. The highest BCUT2D eigenvalue weighted by Gasteiger charge is 2.36. The predicted molar refractivity (Wildman–Crippen MR) is 68.8 cm³/mol. The number of nitrogen functional groups attached to an aromatic ring is 1. The molecule has 0 bridgehead atoms. The number of carbonyl (C=O) groups is 2. The van der Waals surface area contributed by atoms with E-state index in [2.05, 4.69) is 25.7 Å². The summed E-state index contributed by atoms with van der Waals surface area (Å²) in [5.41, 5.74) is 6.83. The number of methoxy groups -OCH3 is 1. The van der Waals surface area contributed by atoms with Crippen LogP contribution in [0.4, 0.5) is 11.4 Å². The lowest BCUT2D eigenvalue weighted by Gasteiger charge is -2.18. The number of nitrogens with zero attached hydrogens (tertiary/aromatic N) is 2. The van der Waals surface area contributed by atoms with Gasteiger partial charge in [0.2, 0.25) is 5.91 Å². The van der Waals surface area contributed by atoms with Gasteiger partial charge in [-0.15, -0.1) is 0 Å². The van der Waals surface area contributed by atoms with E-state index in [1.54, 1.807) is 6.20 Å². The van der Waals surface area contributed by atoms with Crippen LogP contribution in [0, 0.1) is 5.92 Å². The molecular weight excluding hydrogens is 302 g/mol. The molecule has 1 atom stereocenters. The van der Waals surface area contributed by atoms with Crippen LogP contribution in [0.5, 0.6) is 0 Å². The number of anilines is 2. The molecule has 1 aromatic rings. The number of amides is 1. The average Bonchev–Trinajstić information content (AvgIpc) is 2.74. The molecule has 2 rings (SSSR count). The van der Waals surface area contributed by atoms with Gasteiger partial charge in [-0.05, 0) is 15.9 Å². The number of hydrogen-bond acceptors (Lipinski definition) is 5. The molecule has 1 unspecified atom stereocenters. The minimum atomic E-state index is -0.444. The van der Waals surface area contributed by atoms with E-state index < -0.39 is 5.92 Å². The molecule has 1 fully saturated rings. The van der Waals surface area contributed by atoms with Crippen molar-refractivity contribution in [3.63, 3.8) is 0 Å². The largest absolute Gasteiger partial charge is 0.469 e. The summed E-state index contributed by atoms with van der Waals surface area (Å²) in [5, 5.41) is 0. The number of hydrogen-bond donors (Lipinski definition) is 1. The van der Waals surface area contributed by atoms with E-state index in [1.165, 1.54) is 18.2 Å². The van der Waals surface area contributed by atoms with Gasteiger partial charge in [-0.2, -0.15) is 0 Å². The lowest BCUT2D eigenvalue weighted by atomic mass is 10.1. The number of ether oxygens (including phenoxy) is 1. The van der Waals surface area contributed by atoms with Crippen molar-refractivity contribution in [3.8, 4) is 0 Å². The number of halogens is 1. The van der Waals surface area contributed by atoms with Crippen LogP contribution in [0.1, 0.15) is 6.42 Å². The van der Waals surface area contributed by atoms with Crippen molar-refractivity contribution < 1.29 is 14.3 Å². The number of pyridine rings is 1. The first kappa shape index (κ1) is 12.8. The maximum absolute atomic E-state index is 11.9. The number of nitrogens with two attached hydrogens (primary N) is 1. The van der Waals surface area contributed by atoms with E-state index in [0.29, 0.717) is 15.8 Å². The van der Waals surface area contributed by atoms with Crippen molar-refractivity contribution in [1.29, 1.82) is 0 Å². The molecular formula is C11H12BrN3O3. The van der Waals surface area contributed by atoms with Gasteiger partial charge in [0.25, 0.3) is 0 Å². The summed E-state index contributed by atoms with van der Waals surface area (Å²) in [6.07, 6.45) is 3.20. The highest BCUT2D eigenvalue weighted by atomic mass is 79.9. The van der Waals surface area contributed by atoms with Crippen molar-refractivity contribution in [2.45, 2.75) is 6.42 Å². The summed E-state index contributed by atoms with van der Waals surface area (Å²) in [5.74, 6) is -0.981. The number of esters is 1. The quantitative estimate of drug-likeness (QED) is 0.822. The van der Waals surface area contributed by atoms with Gasteiger partial charge in [0.1, 0.15) is 0 Å². The van der Waals surface area contributed by atoms with Crippen LogP contribution >= 0.6 is 15.9 Å². The van der Waals surface area contributed by atoms with E-state index in [9.17, 15) is 9.59 Å². The van der Waals surface area contributed by atoms with E-state index in [0.717, 1.165) is 0 Å². The van der Waals surface area contributed by atoms with E-state index in [-0.39, 0.29) is 24.8 Å². The van der Waals surface area contributed by atoms with Crippen LogP contribution in [-0.4, -0.2) is 30.5 Å². The summed E-state index contributed by atoms with van der Waals surface area (Å²) >= 11 is 3.25. The first-order valence-electron chi connectivity index (χ1n) is 5.31. The van der Waals surface area contributed by atoms with Crippen molar-refractivity contribution in [1.82, 2.24) is 4.98 Å². The summed E-state index contributed by atoms with van der Waals surface area (Å²) in [6, 6.07) is 0. The Balaban J connectivity index is 2.27. The van der Waals surface area contributed by atoms with Crippen molar-refractivity contribution >= 4 is 39.2 Å². The fourth-order valence-corrected chi connectivity index (χ4v) is 2.24. The Morgan fingerprint density at radius 2 is 2.33 bits per heavy atom. The average molecular weight is 314 g/mol. The van der Waals surface area contributed by atoms with E-state index in [4.69, 9.17) is 5.73 Å². The molecule has 2 heterocycles. The highest BCUT2D eigenvalue weighted by Crippen LogP contribution is 2.33. The Hall–Kier alpha value is -1.63. The van der Waals surface area contributed by atoms with Crippen LogP contribution in [0.3, 0.4) is 0 Å². The molecule has 2 N–H and O–H groups in total. The van der Waals surface area contributed by atoms with Gasteiger partial charge in [0.15, 0.2) is 0 Å². The topological polar surface area (TPSA) is 85.5 Å². The molecule has 0 aromatic carbocycles. The first-order valence-corrected chi connectivity index (χ1v) is 6.11. The lowest BCUT2D eigenvalue weighted by molar-refractivity contribution is -0.145. The zero-order valence-corrected chi connectivity index (χ0v) is 11.3. The minimum Gasteiger partial charge on any atom is -0.469 e. The third-order valence-electron chi connectivity index (χ3n) is 2.87.